The van der Waals surface area contributed by atoms with Gasteiger partial charge in [-0.05, 0) is 49.7 Å². The van der Waals surface area contributed by atoms with Crippen LogP contribution < -0.4 is 0 Å². The summed E-state index contributed by atoms with van der Waals surface area (Å²) in [5.41, 5.74) is -1.32. The molecule has 0 radical (unpaired) electrons. The maximum atomic E-state index is 14.3. The van der Waals surface area contributed by atoms with Crippen LogP contribution in [0.4, 0.5) is 8.78 Å². The predicted octanol–water partition coefficient (Wildman–Crippen LogP) is 2.96. The summed E-state index contributed by atoms with van der Waals surface area (Å²) >= 11 is 0. The van der Waals surface area contributed by atoms with E-state index >= 15 is 0 Å². The molecule has 2 aliphatic carbocycles. The fourth-order valence-electron chi connectivity index (χ4n) is 4.62. The van der Waals surface area contributed by atoms with E-state index in [1.54, 1.807) is 4.90 Å². The Kier molecular flexibility index (Phi) is 3.81. The van der Waals surface area contributed by atoms with Crippen LogP contribution in [0.2, 0.25) is 0 Å². The summed E-state index contributed by atoms with van der Waals surface area (Å²) in [7, 11) is 0. The van der Waals surface area contributed by atoms with E-state index in [0.717, 1.165) is 19.3 Å². The summed E-state index contributed by atoms with van der Waals surface area (Å²) in [5, 5.41) is 9.48. The van der Waals surface area contributed by atoms with Crippen LogP contribution in [-0.4, -0.2) is 35.0 Å². The zero-order chi connectivity index (χ0) is 17.8. The van der Waals surface area contributed by atoms with Crippen LogP contribution in [0.25, 0.3) is 0 Å². The van der Waals surface area contributed by atoms with Gasteiger partial charge in [0.05, 0.1) is 11.3 Å². The summed E-state index contributed by atoms with van der Waals surface area (Å²) in [6, 6.07) is 3.66. The number of aliphatic carboxylic acids is 1. The summed E-state index contributed by atoms with van der Waals surface area (Å²) in [5.74, 6) is -2.82. The number of likely N-dealkylation sites (tertiary alicyclic amines) is 1. The molecule has 1 N–H and O–H groups in total. The summed E-state index contributed by atoms with van der Waals surface area (Å²) in [6.45, 7) is 0.533. The minimum atomic E-state index is -1.17. The van der Waals surface area contributed by atoms with Gasteiger partial charge in [-0.1, -0.05) is 12.5 Å². The number of carboxylic acids is 1. The average molecular weight is 349 g/mol. The highest BCUT2D eigenvalue weighted by Crippen LogP contribution is 2.50. The van der Waals surface area contributed by atoms with Crippen molar-refractivity contribution in [3.63, 3.8) is 0 Å². The van der Waals surface area contributed by atoms with Crippen molar-refractivity contribution in [1.29, 1.82) is 0 Å². The van der Waals surface area contributed by atoms with Crippen molar-refractivity contribution >= 4 is 11.9 Å². The van der Waals surface area contributed by atoms with Gasteiger partial charge >= 0.3 is 5.97 Å². The molecular weight excluding hydrogens is 328 g/mol. The lowest BCUT2D eigenvalue weighted by Crippen LogP contribution is -2.51. The van der Waals surface area contributed by atoms with Crippen LogP contribution in [0, 0.1) is 29.4 Å². The second-order valence-corrected chi connectivity index (χ2v) is 7.69. The average Bonchev–Trinajstić information content (AvgIpc) is 3.27. The van der Waals surface area contributed by atoms with Gasteiger partial charge in [0.1, 0.15) is 11.6 Å². The molecule has 4 rings (SSSR count). The monoisotopic (exact) mass is 349 g/mol. The van der Waals surface area contributed by atoms with E-state index in [0.29, 0.717) is 25.3 Å². The number of hydrogen-bond donors (Lipinski definition) is 1. The molecule has 2 atom stereocenters. The van der Waals surface area contributed by atoms with Crippen LogP contribution >= 0.6 is 0 Å². The van der Waals surface area contributed by atoms with Gasteiger partial charge in [0.25, 0.3) is 0 Å². The van der Waals surface area contributed by atoms with Crippen molar-refractivity contribution in [2.75, 3.05) is 13.1 Å². The highest BCUT2D eigenvalue weighted by atomic mass is 19.1. The molecule has 3 aliphatic rings. The molecule has 3 fully saturated rings. The van der Waals surface area contributed by atoms with Gasteiger partial charge in [-0.15, -0.1) is 0 Å². The first kappa shape index (κ1) is 16.5. The maximum absolute atomic E-state index is 14.3. The number of rotatable bonds is 4. The third-order valence-corrected chi connectivity index (χ3v) is 6.25. The first-order valence-corrected chi connectivity index (χ1v) is 8.91. The molecule has 1 heterocycles. The van der Waals surface area contributed by atoms with E-state index in [-0.39, 0.29) is 23.9 Å². The molecule has 1 aliphatic heterocycles. The number of hydrogen-bond acceptors (Lipinski definition) is 2. The Morgan fingerprint density at radius 2 is 1.76 bits per heavy atom. The van der Waals surface area contributed by atoms with E-state index in [2.05, 4.69) is 0 Å². The Hall–Kier alpha value is -1.98. The second-order valence-electron chi connectivity index (χ2n) is 7.69. The molecule has 0 unspecified atom stereocenters. The Morgan fingerprint density at radius 1 is 1.12 bits per heavy atom. The van der Waals surface area contributed by atoms with Gasteiger partial charge in [0.15, 0.2) is 0 Å². The highest BCUT2D eigenvalue weighted by molar-refractivity contribution is 5.90. The van der Waals surface area contributed by atoms with Gasteiger partial charge in [0.2, 0.25) is 5.91 Å². The molecule has 1 saturated heterocycles. The van der Waals surface area contributed by atoms with Crippen molar-refractivity contribution in [3.05, 3.63) is 35.4 Å². The van der Waals surface area contributed by atoms with Crippen LogP contribution in [0.5, 0.6) is 0 Å². The van der Waals surface area contributed by atoms with E-state index in [1.807, 2.05) is 0 Å². The van der Waals surface area contributed by atoms with Gasteiger partial charge in [0, 0.05) is 18.7 Å². The van der Waals surface area contributed by atoms with Crippen molar-refractivity contribution in [2.24, 2.45) is 17.8 Å². The Balaban J connectivity index is 1.64. The molecule has 2 saturated carbocycles. The Labute approximate surface area is 144 Å². The first-order valence-electron chi connectivity index (χ1n) is 8.91. The molecular formula is C19H21F2NO3. The molecule has 1 amide bonds. The van der Waals surface area contributed by atoms with Gasteiger partial charge in [-0.25, -0.2) is 8.78 Å². The van der Waals surface area contributed by atoms with Crippen molar-refractivity contribution in [1.82, 2.24) is 4.90 Å². The van der Waals surface area contributed by atoms with Gasteiger partial charge in [-0.3, -0.25) is 9.59 Å². The predicted molar refractivity (Wildman–Crippen MR) is 85.8 cm³/mol. The third-order valence-electron chi connectivity index (χ3n) is 6.25. The molecule has 0 aromatic heterocycles. The first-order chi connectivity index (χ1) is 11.9. The van der Waals surface area contributed by atoms with Gasteiger partial charge < -0.3 is 10.0 Å². The van der Waals surface area contributed by atoms with Crippen LogP contribution in [-0.2, 0) is 15.0 Å². The molecule has 25 heavy (non-hydrogen) atoms. The third kappa shape index (κ3) is 2.53. The van der Waals surface area contributed by atoms with Crippen LogP contribution in [0.1, 0.15) is 37.7 Å². The molecule has 0 bridgehead atoms. The fourth-order valence-corrected chi connectivity index (χ4v) is 4.62. The molecule has 1 aromatic rings. The molecule has 1 aromatic carbocycles. The largest absolute Gasteiger partial charge is 0.481 e. The van der Waals surface area contributed by atoms with Crippen LogP contribution in [0.3, 0.4) is 0 Å². The summed E-state index contributed by atoms with van der Waals surface area (Å²) in [4.78, 5) is 26.3. The van der Waals surface area contributed by atoms with E-state index in [1.165, 1.54) is 18.2 Å². The van der Waals surface area contributed by atoms with Crippen molar-refractivity contribution in [2.45, 2.75) is 37.5 Å². The number of benzene rings is 1. The minimum absolute atomic E-state index is 0.0379. The van der Waals surface area contributed by atoms with Gasteiger partial charge in [-0.2, -0.15) is 0 Å². The standard InChI is InChI=1S/C19H21F2NO3/c20-14-3-1-4-15(21)16(14)19(7-2-8-19)18(25)22-9-12(11-5-6-11)13(10-22)17(23)24/h1,3-4,11-13H,2,5-10H2,(H,23,24)/t12-,13+/m1/s1. The summed E-state index contributed by atoms with van der Waals surface area (Å²) in [6.07, 6.45) is 3.56. The number of halogens is 2. The second kappa shape index (κ2) is 5.78. The van der Waals surface area contributed by atoms with E-state index in [4.69, 9.17) is 0 Å². The van der Waals surface area contributed by atoms with E-state index < -0.39 is 28.9 Å². The topological polar surface area (TPSA) is 57.6 Å². The molecule has 0 spiro atoms. The van der Waals surface area contributed by atoms with Crippen molar-refractivity contribution in [3.8, 4) is 0 Å². The molecule has 4 nitrogen and oxygen atoms in total. The number of nitrogens with zero attached hydrogens (tertiary/aromatic N) is 1. The smallest absolute Gasteiger partial charge is 0.308 e. The number of carboxylic acid groups (broad SMARTS) is 1. The highest BCUT2D eigenvalue weighted by Gasteiger charge is 2.54. The Morgan fingerprint density at radius 3 is 2.24 bits per heavy atom. The Bertz CT molecular complexity index is 707. The summed E-state index contributed by atoms with van der Waals surface area (Å²) < 4.78 is 28.7. The SMILES string of the molecule is O=C(O)[C@H]1CN(C(=O)C2(c3c(F)cccc3F)CCC2)C[C@@H]1C1CC1. The van der Waals surface area contributed by atoms with Crippen LogP contribution in [0.15, 0.2) is 18.2 Å². The molecule has 6 heteroatoms. The fraction of sp³-hybridized carbons (Fsp3) is 0.579. The number of carbonyl (C=O) groups is 2. The molecule has 134 valence electrons. The zero-order valence-corrected chi connectivity index (χ0v) is 13.9. The maximum Gasteiger partial charge on any atom is 0.308 e. The minimum Gasteiger partial charge on any atom is -0.481 e. The number of carbonyl (C=O) groups excluding carboxylic acids is 1. The van der Waals surface area contributed by atoms with E-state index in [9.17, 15) is 23.5 Å². The number of amides is 1. The lowest BCUT2D eigenvalue weighted by atomic mass is 9.63. The lowest BCUT2D eigenvalue weighted by molar-refractivity contribution is -0.143. The lowest BCUT2D eigenvalue weighted by Gasteiger charge is -2.43. The zero-order valence-electron chi connectivity index (χ0n) is 13.9. The normalized spacial score (nSPS) is 27.8. The quantitative estimate of drug-likeness (QED) is 0.909. The van der Waals surface area contributed by atoms with Crippen molar-refractivity contribution < 1.29 is 23.5 Å².